The van der Waals surface area contributed by atoms with Gasteiger partial charge in [-0.2, -0.15) is 0 Å². The number of aryl methyl sites for hydroxylation is 1. The maximum atomic E-state index is 10.9. The van der Waals surface area contributed by atoms with Crippen LogP contribution < -0.4 is 0 Å². The number of aliphatic carboxylic acids is 1. The zero-order valence-electron chi connectivity index (χ0n) is 10.9. The quantitative estimate of drug-likeness (QED) is 0.897. The van der Waals surface area contributed by atoms with E-state index in [4.69, 9.17) is 5.11 Å². The average Bonchev–Trinajstić information content (AvgIpc) is 2.72. The number of carboxylic acid groups (broad SMARTS) is 1. The van der Waals surface area contributed by atoms with Crippen LogP contribution in [0.15, 0.2) is 42.5 Å². The first kappa shape index (κ1) is 12.0. The molecule has 0 aromatic heterocycles. The van der Waals surface area contributed by atoms with Crippen molar-refractivity contribution in [2.75, 3.05) is 0 Å². The summed E-state index contributed by atoms with van der Waals surface area (Å²) in [6.45, 7) is 2.11. The van der Waals surface area contributed by atoms with Gasteiger partial charge in [0.15, 0.2) is 0 Å². The van der Waals surface area contributed by atoms with Crippen molar-refractivity contribution in [2.24, 2.45) is 0 Å². The number of hydrogen-bond acceptors (Lipinski definition) is 1. The fraction of sp³-hybridized carbons (Fsp3) is 0.235. The number of hydrogen-bond donors (Lipinski definition) is 1. The second kappa shape index (κ2) is 4.54. The summed E-state index contributed by atoms with van der Waals surface area (Å²) in [6, 6.07) is 14.7. The molecule has 0 heterocycles. The Morgan fingerprint density at radius 2 is 1.84 bits per heavy atom. The summed E-state index contributed by atoms with van der Waals surface area (Å²) in [5.41, 5.74) is 6.37. The first-order chi connectivity index (χ1) is 9.18. The van der Waals surface area contributed by atoms with E-state index in [-0.39, 0.29) is 12.3 Å². The molecule has 1 atom stereocenters. The zero-order chi connectivity index (χ0) is 13.4. The van der Waals surface area contributed by atoms with E-state index >= 15 is 0 Å². The molecule has 0 radical (unpaired) electrons. The molecule has 0 spiro atoms. The number of carbonyl (C=O) groups is 1. The highest BCUT2D eigenvalue weighted by molar-refractivity contribution is 5.80. The van der Waals surface area contributed by atoms with Crippen LogP contribution in [0.25, 0.3) is 11.1 Å². The lowest BCUT2D eigenvalue weighted by Gasteiger charge is -2.14. The van der Waals surface area contributed by atoms with Crippen LogP contribution in [-0.4, -0.2) is 11.1 Å². The Hall–Kier alpha value is -2.09. The summed E-state index contributed by atoms with van der Waals surface area (Å²) in [6.07, 6.45) is 0.886. The summed E-state index contributed by atoms with van der Waals surface area (Å²) in [5, 5.41) is 8.94. The van der Waals surface area contributed by atoms with Gasteiger partial charge in [0.2, 0.25) is 0 Å². The summed E-state index contributed by atoms with van der Waals surface area (Å²) < 4.78 is 0. The molecule has 0 amide bonds. The summed E-state index contributed by atoms with van der Waals surface area (Å²) >= 11 is 0. The normalized spacial score (nSPS) is 15.9. The number of rotatable bonds is 3. The molecule has 2 aromatic rings. The monoisotopic (exact) mass is 252 g/mol. The summed E-state index contributed by atoms with van der Waals surface area (Å²) in [7, 11) is 0. The minimum atomic E-state index is -0.723. The highest BCUT2D eigenvalue weighted by Crippen LogP contribution is 2.47. The van der Waals surface area contributed by atoms with Gasteiger partial charge < -0.3 is 5.11 Å². The van der Waals surface area contributed by atoms with Gasteiger partial charge in [-0.05, 0) is 41.2 Å². The molecule has 2 nitrogen and oxygen atoms in total. The van der Waals surface area contributed by atoms with E-state index in [0.717, 1.165) is 0 Å². The van der Waals surface area contributed by atoms with Crippen molar-refractivity contribution in [1.29, 1.82) is 0 Å². The molecule has 96 valence electrons. The van der Waals surface area contributed by atoms with Crippen molar-refractivity contribution in [3.63, 3.8) is 0 Å². The largest absolute Gasteiger partial charge is 0.481 e. The van der Waals surface area contributed by atoms with Crippen LogP contribution in [0, 0.1) is 6.92 Å². The minimum Gasteiger partial charge on any atom is -0.481 e. The maximum absolute atomic E-state index is 10.9. The average molecular weight is 252 g/mol. The Morgan fingerprint density at radius 1 is 1.11 bits per heavy atom. The predicted molar refractivity (Wildman–Crippen MR) is 75.3 cm³/mol. The molecule has 1 aliphatic carbocycles. The van der Waals surface area contributed by atoms with Crippen LogP contribution in [0.5, 0.6) is 0 Å². The van der Waals surface area contributed by atoms with Crippen molar-refractivity contribution < 1.29 is 9.90 Å². The first-order valence-electron chi connectivity index (χ1n) is 6.59. The first-order valence-corrected chi connectivity index (χ1v) is 6.59. The van der Waals surface area contributed by atoms with Crippen LogP contribution in [0.2, 0.25) is 0 Å². The Bertz CT molecular complexity index is 643. The van der Waals surface area contributed by atoms with Gasteiger partial charge in [-0.3, -0.25) is 4.79 Å². The van der Waals surface area contributed by atoms with Gasteiger partial charge in [-0.1, -0.05) is 42.5 Å². The molecule has 0 aliphatic heterocycles. The van der Waals surface area contributed by atoms with Crippen LogP contribution in [0.3, 0.4) is 0 Å². The molecule has 0 saturated heterocycles. The van der Waals surface area contributed by atoms with Gasteiger partial charge in [0.1, 0.15) is 0 Å². The van der Waals surface area contributed by atoms with Gasteiger partial charge in [-0.15, -0.1) is 0 Å². The Kier molecular flexibility index (Phi) is 2.86. The van der Waals surface area contributed by atoms with E-state index in [1.807, 2.05) is 12.1 Å². The lowest BCUT2D eigenvalue weighted by atomic mass is 9.90. The van der Waals surface area contributed by atoms with E-state index in [9.17, 15) is 4.79 Å². The molecular weight excluding hydrogens is 236 g/mol. The Labute approximate surface area is 112 Å². The van der Waals surface area contributed by atoms with E-state index in [0.29, 0.717) is 6.42 Å². The van der Waals surface area contributed by atoms with Crippen LogP contribution in [0.4, 0.5) is 0 Å². The van der Waals surface area contributed by atoms with Crippen LogP contribution in [-0.2, 0) is 4.79 Å². The van der Waals surface area contributed by atoms with E-state index < -0.39 is 5.97 Å². The molecule has 19 heavy (non-hydrogen) atoms. The second-order valence-electron chi connectivity index (χ2n) is 5.11. The maximum Gasteiger partial charge on any atom is 0.303 e. The third kappa shape index (κ3) is 1.93. The Balaban J connectivity index is 2.12. The van der Waals surface area contributed by atoms with Gasteiger partial charge in [-0.25, -0.2) is 0 Å². The molecular formula is C17H16O2. The Morgan fingerprint density at radius 3 is 2.63 bits per heavy atom. The molecule has 1 unspecified atom stereocenters. The van der Waals surface area contributed by atoms with E-state index in [1.165, 1.54) is 27.8 Å². The molecule has 1 aliphatic rings. The van der Waals surface area contributed by atoms with Gasteiger partial charge in [0, 0.05) is 12.3 Å². The van der Waals surface area contributed by atoms with E-state index in [1.54, 1.807) is 0 Å². The fourth-order valence-electron chi connectivity index (χ4n) is 3.15. The number of carboxylic acids is 1. The molecule has 0 fully saturated rings. The smallest absolute Gasteiger partial charge is 0.303 e. The van der Waals surface area contributed by atoms with E-state index in [2.05, 4.69) is 37.3 Å². The molecule has 2 aromatic carbocycles. The third-order valence-electron chi connectivity index (χ3n) is 3.95. The van der Waals surface area contributed by atoms with Crippen LogP contribution in [0.1, 0.15) is 35.4 Å². The highest BCUT2D eigenvalue weighted by Gasteiger charge is 2.29. The molecule has 1 N–H and O–H groups in total. The standard InChI is InChI=1S/C17H16O2/c1-11-5-4-8-14-12-6-2-3-7-13(12)15(17(11)14)9-10-16(18)19/h2-8,15H,9-10H2,1H3,(H,18,19). The molecule has 2 heteroatoms. The lowest BCUT2D eigenvalue weighted by Crippen LogP contribution is -2.03. The van der Waals surface area contributed by atoms with Gasteiger partial charge in [0.05, 0.1) is 0 Å². The van der Waals surface area contributed by atoms with Gasteiger partial charge >= 0.3 is 5.97 Å². The molecule has 3 rings (SSSR count). The number of benzene rings is 2. The van der Waals surface area contributed by atoms with Gasteiger partial charge in [0.25, 0.3) is 0 Å². The van der Waals surface area contributed by atoms with Crippen molar-refractivity contribution in [3.05, 3.63) is 59.2 Å². The summed E-state index contributed by atoms with van der Waals surface area (Å²) in [5.74, 6) is -0.497. The SMILES string of the molecule is Cc1cccc2c1C(CCC(=O)O)c1ccccc1-2. The van der Waals surface area contributed by atoms with Crippen LogP contribution >= 0.6 is 0 Å². The topological polar surface area (TPSA) is 37.3 Å². The highest BCUT2D eigenvalue weighted by atomic mass is 16.4. The van der Waals surface area contributed by atoms with Crippen molar-refractivity contribution in [2.45, 2.75) is 25.7 Å². The predicted octanol–water partition coefficient (Wildman–Crippen LogP) is 3.97. The number of fused-ring (bicyclic) bond motifs is 3. The van der Waals surface area contributed by atoms with Crippen molar-refractivity contribution >= 4 is 5.97 Å². The lowest BCUT2D eigenvalue weighted by molar-refractivity contribution is -0.137. The second-order valence-corrected chi connectivity index (χ2v) is 5.11. The van der Waals surface area contributed by atoms with Crippen molar-refractivity contribution in [3.8, 4) is 11.1 Å². The minimum absolute atomic E-state index is 0.215. The molecule has 0 bridgehead atoms. The summed E-state index contributed by atoms with van der Waals surface area (Å²) in [4.78, 5) is 10.9. The molecule has 0 saturated carbocycles. The zero-order valence-corrected chi connectivity index (χ0v) is 10.9. The third-order valence-corrected chi connectivity index (χ3v) is 3.95. The fourth-order valence-corrected chi connectivity index (χ4v) is 3.15. The van der Waals surface area contributed by atoms with Crippen molar-refractivity contribution in [1.82, 2.24) is 0 Å².